The molecule has 2 aliphatic heterocycles. The predicted octanol–water partition coefficient (Wildman–Crippen LogP) is 5.64. The number of methoxy groups -OCH3 is 1. The molecule has 39 heavy (non-hydrogen) atoms. The van der Waals surface area contributed by atoms with Gasteiger partial charge < -0.3 is 29.3 Å². The van der Waals surface area contributed by atoms with Crippen LogP contribution >= 0.6 is 11.6 Å². The average molecular weight is 558 g/mol. The third-order valence-electron chi connectivity index (χ3n) is 7.06. The fourth-order valence-electron chi connectivity index (χ4n) is 4.94. The van der Waals surface area contributed by atoms with Crippen molar-refractivity contribution < 1.29 is 23.4 Å². The van der Waals surface area contributed by atoms with Crippen molar-refractivity contribution in [3.63, 3.8) is 0 Å². The second-order valence-corrected chi connectivity index (χ2v) is 10.2. The first-order valence-corrected chi connectivity index (χ1v) is 13.7. The fraction of sp³-hybridized carbons (Fsp3) is 0.464. The van der Waals surface area contributed by atoms with Crippen LogP contribution in [0, 0.1) is 5.82 Å². The van der Waals surface area contributed by atoms with Crippen molar-refractivity contribution in [2.75, 3.05) is 51.8 Å². The average Bonchev–Trinajstić information content (AvgIpc) is 2.96. The number of amides is 2. The Labute approximate surface area is 232 Å². The number of hydrogen-bond donors (Lipinski definition) is 1. The summed E-state index contributed by atoms with van der Waals surface area (Å²) in [7, 11) is 1.62. The van der Waals surface area contributed by atoms with E-state index in [4.69, 9.17) is 25.8 Å². The molecule has 0 bridgehead atoms. The van der Waals surface area contributed by atoms with Crippen LogP contribution in [0.3, 0.4) is 0 Å². The van der Waals surface area contributed by atoms with Gasteiger partial charge in [-0.1, -0.05) is 11.6 Å². The van der Waals surface area contributed by atoms with E-state index in [0.717, 1.165) is 38.8 Å². The van der Waals surface area contributed by atoms with Crippen LogP contribution in [0.5, 0.6) is 11.5 Å². The van der Waals surface area contributed by atoms with Crippen molar-refractivity contribution in [3.05, 3.63) is 47.5 Å². The third-order valence-corrected chi connectivity index (χ3v) is 7.35. The number of anilines is 2. The van der Waals surface area contributed by atoms with E-state index in [9.17, 15) is 9.18 Å². The lowest BCUT2D eigenvalue weighted by Crippen LogP contribution is -2.49. The van der Waals surface area contributed by atoms with E-state index < -0.39 is 5.82 Å². The second-order valence-electron chi connectivity index (χ2n) is 9.77. The second kappa shape index (κ2) is 12.7. The molecule has 2 amide bonds. The number of piperidine rings is 2. The summed E-state index contributed by atoms with van der Waals surface area (Å²) in [6.07, 6.45) is 6.17. The van der Waals surface area contributed by atoms with Gasteiger partial charge in [0.05, 0.1) is 17.1 Å². The van der Waals surface area contributed by atoms with Crippen molar-refractivity contribution in [2.45, 2.75) is 38.2 Å². The fourth-order valence-corrected chi connectivity index (χ4v) is 5.12. The molecule has 5 rings (SSSR count). The largest absolute Gasteiger partial charge is 0.487 e. The van der Waals surface area contributed by atoms with E-state index in [2.05, 4.69) is 15.3 Å². The highest BCUT2D eigenvalue weighted by molar-refractivity contribution is 6.31. The monoisotopic (exact) mass is 557 g/mol. The summed E-state index contributed by atoms with van der Waals surface area (Å²) in [6.45, 7) is 3.76. The summed E-state index contributed by atoms with van der Waals surface area (Å²) in [5.41, 5.74) is 1.25. The van der Waals surface area contributed by atoms with Gasteiger partial charge in [-0.3, -0.25) is 0 Å². The Hall–Kier alpha value is -3.37. The summed E-state index contributed by atoms with van der Waals surface area (Å²) >= 11 is 5.97. The zero-order valence-electron chi connectivity index (χ0n) is 22.0. The Morgan fingerprint density at radius 2 is 1.79 bits per heavy atom. The highest BCUT2D eigenvalue weighted by Crippen LogP contribution is 2.37. The van der Waals surface area contributed by atoms with Gasteiger partial charge in [-0.15, -0.1) is 0 Å². The van der Waals surface area contributed by atoms with Gasteiger partial charge in [-0.2, -0.15) is 0 Å². The molecule has 1 aromatic heterocycles. The number of rotatable bonds is 8. The lowest BCUT2D eigenvalue weighted by molar-refractivity contribution is 0.0877. The number of carbonyl (C=O) groups is 1. The van der Waals surface area contributed by atoms with Crippen LogP contribution < -0.4 is 14.8 Å². The molecule has 11 heteroatoms. The van der Waals surface area contributed by atoms with E-state index in [1.165, 1.54) is 24.9 Å². The van der Waals surface area contributed by atoms with Gasteiger partial charge in [0.15, 0.2) is 11.5 Å². The third kappa shape index (κ3) is 6.62. The van der Waals surface area contributed by atoms with Crippen molar-refractivity contribution in [2.24, 2.45) is 0 Å². The molecule has 2 fully saturated rings. The van der Waals surface area contributed by atoms with Crippen molar-refractivity contribution in [3.8, 4) is 11.5 Å². The molecule has 0 aliphatic carbocycles. The van der Waals surface area contributed by atoms with Crippen LogP contribution in [0.2, 0.25) is 5.02 Å². The number of benzene rings is 2. The van der Waals surface area contributed by atoms with Gasteiger partial charge >= 0.3 is 6.03 Å². The van der Waals surface area contributed by atoms with Gasteiger partial charge in [0.1, 0.15) is 30.7 Å². The van der Waals surface area contributed by atoms with Crippen LogP contribution in [0.25, 0.3) is 10.9 Å². The molecule has 2 aromatic carbocycles. The zero-order chi connectivity index (χ0) is 27.2. The number of hydrogen-bond acceptors (Lipinski definition) is 7. The van der Waals surface area contributed by atoms with Gasteiger partial charge in [0.2, 0.25) is 0 Å². The van der Waals surface area contributed by atoms with E-state index in [0.29, 0.717) is 60.2 Å². The number of nitrogens with zero attached hydrogens (tertiary/aromatic N) is 4. The molecule has 9 nitrogen and oxygen atoms in total. The first kappa shape index (κ1) is 27.2. The van der Waals surface area contributed by atoms with Gasteiger partial charge in [0, 0.05) is 63.3 Å². The first-order valence-electron chi connectivity index (χ1n) is 13.3. The Kier molecular flexibility index (Phi) is 8.83. The van der Waals surface area contributed by atoms with Crippen molar-refractivity contribution in [1.82, 2.24) is 19.8 Å². The number of nitrogens with one attached hydrogen (secondary N) is 1. The van der Waals surface area contributed by atoms with Crippen molar-refractivity contribution >= 4 is 40.0 Å². The maximum atomic E-state index is 13.7. The van der Waals surface area contributed by atoms with Gasteiger partial charge in [-0.05, 0) is 43.5 Å². The predicted molar refractivity (Wildman–Crippen MR) is 148 cm³/mol. The van der Waals surface area contributed by atoms with Crippen LogP contribution in [0.15, 0.2) is 36.7 Å². The standard InChI is InChI=1S/C28H33ClFN5O4/c1-37-13-14-38-25-17-24-21(27(32-18-31-24)33-19-5-6-23(30)22(29)15-19)16-26(25)39-20-7-11-35(12-8-20)28(36)34-9-3-2-4-10-34/h5-6,15-18,20H,2-4,7-14H2,1H3,(H,31,32,33). The minimum Gasteiger partial charge on any atom is -0.487 e. The molecule has 1 N–H and O–H groups in total. The molecule has 208 valence electrons. The Morgan fingerprint density at radius 1 is 1.03 bits per heavy atom. The Morgan fingerprint density at radius 3 is 2.54 bits per heavy atom. The smallest absolute Gasteiger partial charge is 0.320 e. The molecule has 2 saturated heterocycles. The maximum Gasteiger partial charge on any atom is 0.320 e. The molecule has 3 heterocycles. The molecule has 3 aromatic rings. The van der Waals surface area contributed by atoms with E-state index in [1.807, 2.05) is 21.9 Å². The minimum absolute atomic E-state index is 0.0151. The molecule has 0 radical (unpaired) electrons. The quantitative estimate of drug-likeness (QED) is 0.358. The minimum atomic E-state index is -0.494. The molecule has 0 spiro atoms. The number of urea groups is 1. The first-order chi connectivity index (χ1) is 19.0. The van der Waals surface area contributed by atoms with Crippen molar-refractivity contribution in [1.29, 1.82) is 0 Å². The van der Waals surface area contributed by atoms with E-state index in [-0.39, 0.29) is 17.2 Å². The van der Waals surface area contributed by atoms with Gasteiger partial charge in [0.25, 0.3) is 0 Å². The molecule has 0 saturated carbocycles. The van der Waals surface area contributed by atoms with Crippen LogP contribution in [0.4, 0.5) is 20.7 Å². The van der Waals surface area contributed by atoms with Crippen LogP contribution in [0.1, 0.15) is 32.1 Å². The van der Waals surface area contributed by atoms with Crippen LogP contribution in [-0.4, -0.2) is 78.4 Å². The number of likely N-dealkylation sites (tertiary alicyclic amines) is 2. The SMILES string of the molecule is COCCOc1cc2ncnc(Nc3ccc(F)c(Cl)c3)c2cc1OC1CCN(C(=O)N2CCCCC2)CC1. The number of fused-ring (bicyclic) bond motifs is 1. The Bertz CT molecular complexity index is 1300. The number of aromatic nitrogens is 2. The number of ether oxygens (including phenoxy) is 3. The van der Waals surface area contributed by atoms with Crippen LogP contribution in [-0.2, 0) is 4.74 Å². The lowest BCUT2D eigenvalue weighted by Gasteiger charge is -2.37. The molecule has 2 aliphatic rings. The van der Waals surface area contributed by atoms with E-state index >= 15 is 0 Å². The highest BCUT2D eigenvalue weighted by atomic mass is 35.5. The number of halogens is 2. The summed E-state index contributed by atoms with van der Waals surface area (Å²) in [4.78, 5) is 25.6. The summed E-state index contributed by atoms with van der Waals surface area (Å²) < 4.78 is 31.3. The maximum absolute atomic E-state index is 13.7. The van der Waals surface area contributed by atoms with Gasteiger partial charge in [-0.25, -0.2) is 19.2 Å². The zero-order valence-corrected chi connectivity index (χ0v) is 22.8. The lowest BCUT2D eigenvalue weighted by atomic mass is 10.1. The Balaban J connectivity index is 1.34. The summed E-state index contributed by atoms with van der Waals surface area (Å²) in [5, 5.41) is 3.93. The van der Waals surface area contributed by atoms with E-state index in [1.54, 1.807) is 13.2 Å². The molecule has 0 atom stereocenters. The number of carbonyl (C=O) groups excluding carboxylic acids is 1. The molecular weight excluding hydrogens is 525 g/mol. The molecular formula is C28H33ClFN5O4. The molecule has 0 unspecified atom stereocenters. The highest BCUT2D eigenvalue weighted by Gasteiger charge is 2.28. The normalized spacial score (nSPS) is 16.4. The topological polar surface area (TPSA) is 89.0 Å². The summed E-state index contributed by atoms with van der Waals surface area (Å²) in [5.74, 6) is 1.15. The summed E-state index contributed by atoms with van der Waals surface area (Å²) in [6, 6.07) is 8.20.